The zero-order valence-electron chi connectivity index (χ0n) is 26.0. The van der Waals surface area contributed by atoms with Crippen LogP contribution in [0, 0.1) is 5.82 Å². The van der Waals surface area contributed by atoms with Gasteiger partial charge in [0.05, 0.1) is 38.5 Å². The van der Waals surface area contributed by atoms with Crippen LogP contribution in [0.25, 0.3) is 0 Å². The Hall–Kier alpha value is -3.32. The number of piperazine rings is 1. The van der Waals surface area contributed by atoms with Gasteiger partial charge in [-0.2, -0.15) is 0 Å². The molecule has 0 aliphatic carbocycles. The van der Waals surface area contributed by atoms with Gasteiger partial charge in [-0.05, 0) is 63.4 Å². The van der Waals surface area contributed by atoms with E-state index in [0.29, 0.717) is 57.4 Å². The van der Waals surface area contributed by atoms with Crippen LogP contribution < -0.4 is 9.64 Å². The fraction of sp³-hybridized carbons (Fsp3) is 0.594. The molecule has 44 heavy (non-hydrogen) atoms. The lowest BCUT2D eigenvalue weighted by Gasteiger charge is -2.47. The maximum atomic E-state index is 14.4. The molecule has 2 unspecified atom stereocenters. The van der Waals surface area contributed by atoms with Gasteiger partial charge >= 0.3 is 6.09 Å². The van der Waals surface area contributed by atoms with Gasteiger partial charge in [0.1, 0.15) is 18.1 Å². The summed E-state index contributed by atoms with van der Waals surface area (Å²) in [6.07, 6.45) is 1.27. The third kappa shape index (κ3) is 7.66. The van der Waals surface area contributed by atoms with E-state index in [1.54, 1.807) is 23.2 Å². The smallest absolute Gasteiger partial charge is 0.407 e. The second kappa shape index (κ2) is 14.2. The van der Waals surface area contributed by atoms with Gasteiger partial charge < -0.3 is 24.2 Å². The fourth-order valence-corrected chi connectivity index (χ4v) is 6.21. The Bertz CT molecular complexity index is 1300. The summed E-state index contributed by atoms with van der Waals surface area (Å²) in [6.45, 7) is 11.9. The minimum atomic E-state index is -0.948. The van der Waals surface area contributed by atoms with Gasteiger partial charge in [-0.15, -0.1) is 0 Å². The van der Waals surface area contributed by atoms with Crippen molar-refractivity contribution in [2.24, 2.45) is 0 Å². The monoisotopic (exact) mass is 613 g/mol. The summed E-state index contributed by atoms with van der Waals surface area (Å²) < 4.78 is 31.1. The highest BCUT2D eigenvalue weighted by Crippen LogP contribution is 2.34. The molecule has 2 saturated heterocycles. The maximum Gasteiger partial charge on any atom is 0.407 e. The van der Waals surface area contributed by atoms with Crippen molar-refractivity contribution >= 4 is 17.7 Å². The number of halogens is 1. The van der Waals surface area contributed by atoms with E-state index >= 15 is 0 Å². The molecule has 0 radical (unpaired) electrons. The van der Waals surface area contributed by atoms with Gasteiger partial charge in [0.2, 0.25) is 11.8 Å². The van der Waals surface area contributed by atoms with Crippen LogP contribution >= 0.6 is 0 Å². The molecule has 0 spiro atoms. The molecule has 5 rings (SSSR count). The highest BCUT2D eigenvalue weighted by Gasteiger charge is 2.40. The van der Waals surface area contributed by atoms with E-state index in [9.17, 15) is 19.1 Å². The highest BCUT2D eigenvalue weighted by atomic mass is 19.1. The third-order valence-electron chi connectivity index (χ3n) is 8.63. The number of rotatable bonds is 9. The van der Waals surface area contributed by atoms with Crippen LogP contribution in [0.4, 0.5) is 14.9 Å². The van der Waals surface area contributed by atoms with Crippen LogP contribution in [0.15, 0.2) is 36.5 Å². The fourth-order valence-electron chi connectivity index (χ4n) is 6.21. The normalized spacial score (nSPS) is 24.7. The minimum absolute atomic E-state index is 0.0267. The molecular formula is C32H44FN5O6. The zero-order valence-corrected chi connectivity index (χ0v) is 26.0. The Morgan fingerprint density at radius 3 is 2.55 bits per heavy atom. The van der Waals surface area contributed by atoms with E-state index in [0.717, 1.165) is 17.7 Å². The van der Waals surface area contributed by atoms with E-state index in [4.69, 9.17) is 14.2 Å². The molecule has 2 aromatic rings. The largest absolute Gasteiger partial charge is 0.474 e. The van der Waals surface area contributed by atoms with Crippen LogP contribution in [0.5, 0.6) is 5.88 Å². The van der Waals surface area contributed by atoms with Crippen LogP contribution in [0.1, 0.15) is 38.8 Å². The van der Waals surface area contributed by atoms with E-state index in [1.807, 2.05) is 26.8 Å². The SMILES string of the molecule is CC(C)OCC1COc2ncc(Cc3ccc(F)cc3)cc2N1C(=O)CN1C[C@@H](C)N(C(=O)O)C[C@@H]1CN1CCOCC1C. The van der Waals surface area contributed by atoms with Crippen LogP contribution in [-0.4, -0.2) is 126 Å². The molecule has 3 aliphatic rings. The van der Waals surface area contributed by atoms with Gasteiger partial charge in [-0.1, -0.05) is 12.1 Å². The molecule has 4 heterocycles. The molecule has 240 valence electrons. The number of hydrogen-bond acceptors (Lipinski definition) is 8. The van der Waals surface area contributed by atoms with Crippen molar-refractivity contribution in [1.29, 1.82) is 0 Å². The molecule has 0 saturated carbocycles. The van der Waals surface area contributed by atoms with Crippen molar-refractivity contribution in [3.05, 3.63) is 53.5 Å². The quantitative estimate of drug-likeness (QED) is 0.457. The molecule has 12 heteroatoms. The number of ether oxygens (including phenoxy) is 3. The lowest BCUT2D eigenvalue weighted by molar-refractivity contribution is -0.123. The molecule has 1 N–H and O–H groups in total. The highest BCUT2D eigenvalue weighted by molar-refractivity contribution is 5.97. The number of amides is 2. The molecule has 1 aromatic heterocycles. The first kappa shape index (κ1) is 32.1. The average molecular weight is 614 g/mol. The number of carbonyl (C=O) groups is 2. The predicted molar refractivity (Wildman–Crippen MR) is 163 cm³/mol. The van der Waals surface area contributed by atoms with Gasteiger partial charge in [0.25, 0.3) is 0 Å². The number of morpholine rings is 1. The summed E-state index contributed by atoms with van der Waals surface area (Å²) in [7, 11) is 0. The van der Waals surface area contributed by atoms with E-state index < -0.39 is 6.09 Å². The number of nitrogens with zero attached hydrogens (tertiary/aromatic N) is 5. The summed E-state index contributed by atoms with van der Waals surface area (Å²) in [5.74, 6) is -0.0382. The molecular weight excluding hydrogens is 569 g/mol. The predicted octanol–water partition coefficient (Wildman–Crippen LogP) is 3.10. The Kier molecular flexibility index (Phi) is 10.3. The molecule has 2 fully saturated rings. The Morgan fingerprint density at radius 2 is 1.84 bits per heavy atom. The molecule has 11 nitrogen and oxygen atoms in total. The molecule has 4 atom stereocenters. The summed E-state index contributed by atoms with van der Waals surface area (Å²) in [5, 5.41) is 9.89. The van der Waals surface area contributed by atoms with Crippen molar-refractivity contribution in [3.63, 3.8) is 0 Å². The minimum Gasteiger partial charge on any atom is -0.474 e. The van der Waals surface area contributed by atoms with E-state index in [1.165, 1.54) is 17.0 Å². The van der Waals surface area contributed by atoms with E-state index in [2.05, 4.69) is 21.7 Å². The first-order valence-corrected chi connectivity index (χ1v) is 15.4. The number of carbonyl (C=O) groups excluding carboxylic acids is 1. The number of anilines is 1. The topological polar surface area (TPSA) is 108 Å². The first-order chi connectivity index (χ1) is 21.1. The van der Waals surface area contributed by atoms with Crippen molar-refractivity contribution in [3.8, 4) is 5.88 Å². The summed E-state index contributed by atoms with van der Waals surface area (Å²) in [4.78, 5) is 38.7. The maximum absolute atomic E-state index is 14.4. The second-order valence-electron chi connectivity index (χ2n) is 12.4. The van der Waals surface area contributed by atoms with Gasteiger partial charge in [-0.25, -0.2) is 14.2 Å². The molecule has 1 aromatic carbocycles. The number of benzene rings is 1. The van der Waals surface area contributed by atoms with Crippen LogP contribution in [0.2, 0.25) is 0 Å². The van der Waals surface area contributed by atoms with Gasteiger partial charge in [0, 0.05) is 50.5 Å². The van der Waals surface area contributed by atoms with Crippen LogP contribution in [-0.2, 0) is 20.7 Å². The average Bonchev–Trinajstić information content (AvgIpc) is 2.99. The summed E-state index contributed by atoms with van der Waals surface area (Å²) in [5.41, 5.74) is 2.37. The van der Waals surface area contributed by atoms with E-state index in [-0.39, 0.29) is 55.1 Å². The second-order valence-corrected chi connectivity index (χ2v) is 12.4. The summed E-state index contributed by atoms with van der Waals surface area (Å²) >= 11 is 0. The number of aromatic nitrogens is 1. The van der Waals surface area contributed by atoms with Crippen molar-refractivity contribution < 1.29 is 33.3 Å². The lowest BCUT2D eigenvalue weighted by Crippen LogP contribution is -2.64. The number of hydrogen-bond donors (Lipinski definition) is 1. The molecule has 3 aliphatic heterocycles. The van der Waals surface area contributed by atoms with Crippen LogP contribution in [0.3, 0.4) is 0 Å². The lowest BCUT2D eigenvalue weighted by atomic mass is 10.0. The number of pyridine rings is 1. The number of fused-ring (bicyclic) bond motifs is 1. The zero-order chi connectivity index (χ0) is 31.4. The van der Waals surface area contributed by atoms with Crippen molar-refractivity contribution in [2.75, 3.05) is 64.1 Å². The first-order valence-electron chi connectivity index (χ1n) is 15.4. The summed E-state index contributed by atoms with van der Waals surface area (Å²) in [6, 6.07) is 7.66. The standard InChI is InChI=1S/C32H44FN5O6/c1-21(2)43-19-28-20-44-31-29(12-25(13-34-31)11-24-5-7-26(33)8-6-24)38(28)30(39)17-36-14-22(3)37(32(40)41)16-27(36)15-35-9-10-42-18-23(35)4/h5-8,12-13,21-23,27-28H,9-11,14-20H2,1-4H3,(H,40,41)/t22-,23?,27+,28?/m1/s1. The Labute approximate surface area is 258 Å². The van der Waals surface area contributed by atoms with Gasteiger partial charge in [0.15, 0.2) is 0 Å². The van der Waals surface area contributed by atoms with Crippen molar-refractivity contribution in [1.82, 2.24) is 19.7 Å². The Balaban J connectivity index is 1.41. The number of carboxylic acid groups (broad SMARTS) is 1. The Morgan fingerprint density at radius 1 is 1.07 bits per heavy atom. The van der Waals surface area contributed by atoms with Crippen molar-refractivity contribution in [2.45, 2.75) is 64.4 Å². The molecule has 0 bridgehead atoms. The van der Waals surface area contributed by atoms with Gasteiger partial charge in [-0.3, -0.25) is 19.5 Å². The molecule has 2 amide bonds. The third-order valence-corrected chi connectivity index (χ3v) is 8.63.